The number of benzene rings is 1. The first-order chi connectivity index (χ1) is 11.5. The van der Waals surface area contributed by atoms with Crippen LogP contribution in [0.15, 0.2) is 18.2 Å². The van der Waals surface area contributed by atoms with Crippen LogP contribution in [0.5, 0.6) is 11.5 Å². The van der Waals surface area contributed by atoms with E-state index < -0.39 is 0 Å². The van der Waals surface area contributed by atoms with Gasteiger partial charge >= 0.3 is 0 Å². The van der Waals surface area contributed by atoms with Gasteiger partial charge in [-0.25, -0.2) is 0 Å². The summed E-state index contributed by atoms with van der Waals surface area (Å²) in [5, 5.41) is 19.8. The fraction of sp³-hybridized carbons (Fsp3) is 0.727. The van der Waals surface area contributed by atoms with Crippen molar-refractivity contribution in [3.8, 4) is 11.5 Å². The van der Waals surface area contributed by atoms with Crippen LogP contribution >= 0.6 is 0 Å². The Labute approximate surface area is 154 Å². The summed E-state index contributed by atoms with van der Waals surface area (Å²) in [6, 6.07) is 5.38. The molecule has 1 atom stereocenters. The summed E-state index contributed by atoms with van der Waals surface area (Å²) in [5.41, 5.74) is 1.82. The van der Waals surface area contributed by atoms with Crippen LogP contribution in [0.3, 0.4) is 0 Å². The van der Waals surface area contributed by atoms with Crippen molar-refractivity contribution in [2.75, 3.05) is 7.11 Å². The smallest absolute Gasteiger partial charge is 0.160 e. The van der Waals surface area contributed by atoms with Gasteiger partial charge in [-0.1, -0.05) is 53.5 Å². The number of unbranched alkanes of at least 4 members (excludes halogenated alkanes) is 1. The fourth-order valence-electron chi connectivity index (χ4n) is 3.86. The first-order valence-electron chi connectivity index (χ1n) is 9.56. The van der Waals surface area contributed by atoms with Gasteiger partial charge in [0.2, 0.25) is 0 Å². The molecule has 0 aliphatic rings. The van der Waals surface area contributed by atoms with Crippen molar-refractivity contribution in [2.45, 2.75) is 85.7 Å². The molecule has 0 heterocycles. The van der Waals surface area contributed by atoms with Crippen molar-refractivity contribution in [1.82, 2.24) is 0 Å². The minimum absolute atomic E-state index is 0.157. The first-order valence-corrected chi connectivity index (χ1v) is 9.56. The van der Waals surface area contributed by atoms with Gasteiger partial charge < -0.3 is 14.9 Å². The van der Waals surface area contributed by atoms with Crippen molar-refractivity contribution in [3.63, 3.8) is 0 Å². The molecule has 0 spiro atoms. The van der Waals surface area contributed by atoms with Crippen LogP contribution in [0.1, 0.15) is 78.7 Å². The molecule has 1 rings (SSSR count). The Balaban J connectivity index is 2.28. The molecule has 25 heavy (non-hydrogen) atoms. The van der Waals surface area contributed by atoms with Crippen molar-refractivity contribution >= 4 is 0 Å². The Kier molecular flexibility index (Phi) is 8.27. The molecular formula is C22H38O3. The largest absolute Gasteiger partial charge is 0.504 e. The Morgan fingerprint density at radius 3 is 2.32 bits per heavy atom. The lowest BCUT2D eigenvalue weighted by atomic mass is 9.73. The lowest BCUT2D eigenvalue weighted by molar-refractivity contribution is 0.145. The Bertz CT molecular complexity index is 514. The van der Waals surface area contributed by atoms with Crippen LogP contribution in [0.4, 0.5) is 0 Å². The predicted octanol–water partition coefficient (Wildman–Crippen LogP) is 5.72. The number of phenolic OH excluding ortho intramolecular Hbond substituents is 1. The van der Waals surface area contributed by atoms with Crippen LogP contribution in [0.25, 0.3) is 0 Å². The van der Waals surface area contributed by atoms with E-state index in [0.29, 0.717) is 16.6 Å². The van der Waals surface area contributed by atoms with E-state index in [4.69, 9.17) is 4.74 Å². The lowest BCUT2D eigenvalue weighted by Gasteiger charge is -2.32. The number of aromatic hydroxyl groups is 1. The SMILES string of the molecule is COc1cc(CCC(O)CCCCC(C)(C)CC(C)(C)C)ccc1O. The number of aliphatic hydroxyl groups excluding tert-OH is 1. The number of rotatable bonds is 10. The van der Waals surface area contributed by atoms with Crippen molar-refractivity contribution in [1.29, 1.82) is 0 Å². The van der Waals surface area contributed by atoms with Gasteiger partial charge in [0.05, 0.1) is 13.2 Å². The summed E-state index contributed by atoms with van der Waals surface area (Å²) in [7, 11) is 1.55. The van der Waals surface area contributed by atoms with Gasteiger partial charge in [0.15, 0.2) is 11.5 Å². The molecule has 1 unspecified atom stereocenters. The minimum Gasteiger partial charge on any atom is -0.504 e. The van der Waals surface area contributed by atoms with Gasteiger partial charge in [0.25, 0.3) is 0 Å². The average molecular weight is 351 g/mol. The van der Waals surface area contributed by atoms with Crippen LogP contribution in [-0.2, 0) is 6.42 Å². The molecule has 0 saturated carbocycles. The van der Waals surface area contributed by atoms with E-state index >= 15 is 0 Å². The third-order valence-corrected chi connectivity index (χ3v) is 4.66. The molecular weight excluding hydrogens is 312 g/mol. The molecule has 2 N–H and O–H groups in total. The zero-order valence-electron chi connectivity index (χ0n) is 17.1. The molecule has 0 bridgehead atoms. The molecule has 3 heteroatoms. The summed E-state index contributed by atoms with van der Waals surface area (Å²) in [5.74, 6) is 0.651. The van der Waals surface area contributed by atoms with Gasteiger partial charge in [-0.2, -0.15) is 0 Å². The number of hydrogen-bond donors (Lipinski definition) is 2. The topological polar surface area (TPSA) is 49.7 Å². The first kappa shape index (κ1) is 21.8. The van der Waals surface area contributed by atoms with Crippen molar-refractivity contribution < 1.29 is 14.9 Å². The maximum Gasteiger partial charge on any atom is 0.160 e. The molecule has 0 saturated heterocycles. The third-order valence-electron chi connectivity index (χ3n) is 4.66. The molecule has 0 aromatic heterocycles. The second kappa shape index (κ2) is 9.47. The quantitative estimate of drug-likeness (QED) is 0.531. The van der Waals surface area contributed by atoms with Crippen LogP contribution in [0.2, 0.25) is 0 Å². The molecule has 1 aromatic rings. The minimum atomic E-state index is -0.259. The molecule has 0 fully saturated rings. The molecule has 144 valence electrons. The lowest BCUT2D eigenvalue weighted by Crippen LogP contribution is -2.20. The number of aryl methyl sites for hydroxylation is 1. The highest BCUT2D eigenvalue weighted by Gasteiger charge is 2.24. The normalized spacial score (nSPS) is 13.7. The highest BCUT2D eigenvalue weighted by molar-refractivity contribution is 5.41. The standard InChI is InChI=1S/C22H38O3/c1-21(2,3)16-22(4,5)14-8-7-9-18(23)12-10-17-11-13-19(24)20(15-17)25-6/h11,13,15,18,23-24H,7-10,12,14,16H2,1-6H3. The van der Waals surface area contributed by atoms with E-state index in [1.165, 1.54) is 19.3 Å². The average Bonchev–Trinajstić information content (AvgIpc) is 2.48. The van der Waals surface area contributed by atoms with E-state index in [9.17, 15) is 10.2 Å². The highest BCUT2D eigenvalue weighted by Crippen LogP contribution is 2.37. The third kappa shape index (κ3) is 9.15. The Morgan fingerprint density at radius 1 is 1.04 bits per heavy atom. The van der Waals surface area contributed by atoms with Crippen molar-refractivity contribution in [3.05, 3.63) is 23.8 Å². The molecule has 0 radical (unpaired) electrons. The second-order valence-electron chi connectivity index (χ2n) is 9.35. The molecule has 0 aliphatic heterocycles. The number of methoxy groups -OCH3 is 1. The van der Waals surface area contributed by atoms with Gasteiger partial charge in [0, 0.05) is 0 Å². The van der Waals surface area contributed by atoms with Crippen LogP contribution in [-0.4, -0.2) is 23.4 Å². The zero-order chi connectivity index (χ0) is 19.1. The Hall–Kier alpha value is -1.22. The fourth-order valence-corrected chi connectivity index (χ4v) is 3.86. The summed E-state index contributed by atoms with van der Waals surface area (Å²) >= 11 is 0. The Morgan fingerprint density at radius 2 is 1.72 bits per heavy atom. The highest BCUT2D eigenvalue weighted by atomic mass is 16.5. The number of aliphatic hydroxyl groups is 1. The summed E-state index contributed by atoms with van der Waals surface area (Å²) in [4.78, 5) is 0. The monoisotopic (exact) mass is 350 g/mol. The van der Waals surface area contributed by atoms with Crippen LogP contribution < -0.4 is 4.74 Å². The number of hydrogen-bond acceptors (Lipinski definition) is 3. The van der Waals surface area contributed by atoms with Gasteiger partial charge in [0.1, 0.15) is 0 Å². The summed E-state index contributed by atoms with van der Waals surface area (Å²) in [6.07, 6.45) is 6.84. The summed E-state index contributed by atoms with van der Waals surface area (Å²) < 4.78 is 5.13. The maximum absolute atomic E-state index is 10.2. The van der Waals surface area contributed by atoms with E-state index in [1.807, 2.05) is 12.1 Å². The van der Waals surface area contributed by atoms with Crippen molar-refractivity contribution in [2.24, 2.45) is 10.8 Å². The van der Waals surface area contributed by atoms with Gasteiger partial charge in [-0.15, -0.1) is 0 Å². The van der Waals surface area contributed by atoms with Crippen LogP contribution in [0, 0.1) is 10.8 Å². The predicted molar refractivity (Wildman–Crippen MR) is 105 cm³/mol. The van der Waals surface area contributed by atoms with E-state index in [-0.39, 0.29) is 11.9 Å². The molecule has 0 amide bonds. The van der Waals surface area contributed by atoms with Gasteiger partial charge in [-0.05, 0) is 60.6 Å². The zero-order valence-corrected chi connectivity index (χ0v) is 17.1. The van der Waals surface area contributed by atoms with E-state index in [0.717, 1.165) is 31.2 Å². The maximum atomic E-state index is 10.2. The van der Waals surface area contributed by atoms with E-state index in [1.54, 1.807) is 13.2 Å². The van der Waals surface area contributed by atoms with Gasteiger partial charge in [-0.3, -0.25) is 0 Å². The van der Waals surface area contributed by atoms with E-state index in [2.05, 4.69) is 34.6 Å². The summed E-state index contributed by atoms with van der Waals surface area (Å²) in [6.45, 7) is 11.6. The number of phenols is 1. The number of ether oxygens (including phenoxy) is 1. The molecule has 3 nitrogen and oxygen atoms in total. The molecule has 1 aromatic carbocycles. The molecule has 0 aliphatic carbocycles. The second-order valence-corrected chi connectivity index (χ2v) is 9.35.